The fourth-order valence-electron chi connectivity index (χ4n) is 2.43. The van der Waals surface area contributed by atoms with Crippen LogP contribution >= 0.6 is 27.7 Å². The van der Waals surface area contributed by atoms with E-state index in [0.29, 0.717) is 11.3 Å². The standard InChI is InChI=1S/C17H20BrF2NOS/c18-14-5-3-4-13(10-14)15(11-21-7-1-2-8-21)16(22)12-23-9-6-17(19)20/h3-5,10-11,17H,1-2,6-9,12H2. The summed E-state index contributed by atoms with van der Waals surface area (Å²) in [6, 6.07) is 7.64. The Morgan fingerprint density at radius 2 is 2.09 bits per heavy atom. The summed E-state index contributed by atoms with van der Waals surface area (Å²) in [5.74, 6) is 0.534. The van der Waals surface area contributed by atoms with Crippen LogP contribution in [0.4, 0.5) is 8.78 Å². The van der Waals surface area contributed by atoms with E-state index in [-0.39, 0.29) is 18.0 Å². The molecule has 0 atom stereocenters. The monoisotopic (exact) mass is 403 g/mol. The van der Waals surface area contributed by atoms with Crippen LogP contribution < -0.4 is 0 Å². The SMILES string of the molecule is O=C(CSCCC(F)F)C(=CN1CCCC1)c1cccc(Br)c1. The molecule has 2 nitrogen and oxygen atoms in total. The Labute approximate surface area is 148 Å². The first kappa shape index (κ1) is 18.5. The molecule has 1 aromatic carbocycles. The van der Waals surface area contributed by atoms with Gasteiger partial charge < -0.3 is 4.90 Å². The highest BCUT2D eigenvalue weighted by Crippen LogP contribution is 2.24. The maximum atomic E-state index is 12.6. The van der Waals surface area contributed by atoms with E-state index in [1.54, 1.807) is 0 Å². The number of hydrogen-bond donors (Lipinski definition) is 0. The van der Waals surface area contributed by atoms with E-state index >= 15 is 0 Å². The molecule has 0 aromatic heterocycles. The van der Waals surface area contributed by atoms with Gasteiger partial charge in [0, 0.05) is 35.8 Å². The van der Waals surface area contributed by atoms with Crippen LogP contribution in [-0.4, -0.2) is 41.7 Å². The normalized spacial score (nSPS) is 15.5. The van der Waals surface area contributed by atoms with Gasteiger partial charge in [-0.1, -0.05) is 28.1 Å². The molecule has 0 N–H and O–H groups in total. The zero-order valence-electron chi connectivity index (χ0n) is 12.8. The molecule has 0 bridgehead atoms. The molecule has 1 aliphatic heterocycles. The van der Waals surface area contributed by atoms with Gasteiger partial charge >= 0.3 is 0 Å². The number of carbonyl (C=O) groups is 1. The second-order valence-corrected chi connectivity index (χ2v) is 7.47. The lowest BCUT2D eigenvalue weighted by Crippen LogP contribution is -2.15. The smallest absolute Gasteiger partial charge is 0.239 e. The van der Waals surface area contributed by atoms with Gasteiger partial charge in [-0.15, -0.1) is 0 Å². The summed E-state index contributed by atoms with van der Waals surface area (Å²) >= 11 is 4.71. The molecule has 6 heteroatoms. The Hall–Kier alpha value is -0.880. The summed E-state index contributed by atoms with van der Waals surface area (Å²) < 4.78 is 25.3. The maximum Gasteiger partial charge on any atom is 0.239 e. The van der Waals surface area contributed by atoms with Gasteiger partial charge in [-0.25, -0.2) is 8.78 Å². The van der Waals surface area contributed by atoms with E-state index < -0.39 is 6.43 Å². The highest BCUT2D eigenvalue weighted by atomic mass is 79.9. The van der Waals surface area contributed by atoms with Gasteiger partial charge in [0.15, 0.2) is 5.78 Å². The molecular formula is C17H20BrF2NOS. The molecule has 1 aliphatic rings. The number of nitrogens with zero attached hydrogens (tertiary/aromatic N) is 1. The number of alkyl halides is 2. The quantitative estimate of drug-likeness (QED) is 0.457. The number of rotatable bonds is 8. The molecule has 0 spiro atoms. The first-order valence-electron chi connectivity index (χ1n) is 7.67. The van der Waals surface area contributed by atoms with Crippen LogP contribution in [0.15, 0.2) is 34.9 Å². The second kappa shape index (κ2) is 9.42. The molecule has 0 radical (unpaired) electrons. The Morgan fingerprint density at radius 1 is 1.35 bits per heavy atom. The number of ketones is 1. The fraction of sp³-hybridized carbons (Fsp3) is 0.471. The largest absolute Gasteiger partial charge is 0.377 e. The average Bonchev–Trinajstić information content (AvgIpc) is 3.02. The Balaban J connectivity index is 2.08. The van der Waals surface area contributed by atoms with Gasteiger partial charge in [-0.05, 0) is 36.3 Å². The van der Waals surface area contributed by atoms with Crippen molar-refractivity contribution in [3.63, 3.8) is 0 Å². The van der Waals surface area contributed by atoms with Crippen molar-refractivity contribution in [1.82, 2.24) is 4.90 Å². The van der Waals surface area contributed by atoms with Gasteiger partial charge in [0.05, 0.1) is 5.75 Å². The predicted molar refractivity (Wildman–Crippen MR) is 95.9 cm³/mol. The summed E-state index contributed by atoms with van der Waals surface area (Å²) in [4.78, 5) is 14.7. The third kappa shape index (κ3) is 6.26. The Morgan fingerprint density at radius 3 is 2.74 bits per heavy atom. The van der Waals surface area contributed by atoms with Crippen molar-refractivity contribution in [2.24, 2.45) is 0 Å². The lowest BCUT2D eigenvalue weighted by atomic mass is 10.0. The van der Waals surface area contributed by atoms with Crippen LogP contribution in [-0.2, 0) is 4.79 Å². The third-order valence-corrected chi connectivity index (χ3v) is 5.09. The lowest BCUT2D eigenvalue weighted by Gasteiger charge is -2.15. The average molecular weight is 404 g/mol. The first-order valence-corrected chi connectivity index (χ1v) is 9.62. The minimum atomic E-state index is -2.30. The van der Waals surface area contributed by atoms with Crippen LogP contribution in [0.5, 0.6) is 0 Å². The van der Waals surface area contributed by atoms with Crippen LogP contribution in [0.3, 0.4) is 0 Å². The fourth-order valence-corrected chi connectivity index (χ4v) is 3.66. The second-order valence-electron chi connectivity index (χ2n) is 5.45. The number of hydrogen-bond acceptors (Lipinski definition) is 3. The number of benzene rings is 1. The molecule has 0 aliphatic carbocycles. The van der Waals surface area contributed by atoms with E-state index in [1.165, 1.54) is 11.8 Å². The third-order valence-electron chi connectivity index (χ3n) is 3.60. The molecule has 126 valence electrons. The van der Waals surface area contributed by atoms with E-state index in [2.05, 4.69) is 20.8 Å². The summed E-state index contributed by atoms with van der Waals surface area (Å²) in [5, 5.41) is 0. The topological polar surface area (TPSA) is 20.3 Å². The maximum absolute atomic E-state index is 12.6. The van der Waals surface area contributed by atoms with Crippen molar-refractivity contribution < 1.29 is 13.6 Å². The predicted octanol–water partition coefficient (Wildman–Crippen LogP) is 4.84. The van der Waals surface area contributed by atoms with Crippen molar-refractivity contribution >= 4 is 39.0 Å². The van der Waals surface area contributed by atoms with Crippen LogP contribution in [0.25, 0.3) is 5.57 Å². The number of allylic oxidation sites excluding steroid dienone is 1. The Bertz CT molecular complexity index is 559. The van der Waals surface area contributed by atoms with Crippen LogP contribution in [0, 0.1) is 0 Å². The van der Waals surface area contributed by atoms with Crippen LogP contribution in [0.2, 0.25) is 0 Å². The Kier molecular flexibility index (Phi) is 7.56. The van der Waals surface area contributed by atoms with E-state index in [0.717, 1.165) is 36.0 Å². The van der Waals surface area contributed by atoms with Gasteiger partial charge in [-0.2, -0.15) is 11.8 Å². The molecule has 2 rings (SSSR count). The summed E-state index contributed by atoms with van der Waals surface area (Å²) in [7, 11) is 0. The van der Waals surface area contributed by atoms with Gasteiger partial charge in [0.1, 0.15) is 0 Å². The number of carbonyl (C=O) groups excluding carboxylic acids is 1. The minimum Gasteiger partial charge on any atom is -0.377 e. The molecule has 0 saturated carbocycles. The van der Waals surface area contributed by atoms with Crippen molar-refractivity contribution in [3.8, 4) is 0 Å². The summed E-state index contributed by atoms with van der Waals surface area (Å²) in [5.41, 5.74) is 1.53. The number of thioether (sulfide) groups is 1. The molecule has 1 saturated heterocycles. The zero-order chi connectivity index (χ0) is 16.7. The molecule has 1 aromatic rings. The molecule has 1 fully saturated rings. The van der Waals surface area contributed by atoms with Gasteiger partial charge in [-0.3, -0.25) is 4.79 Å². The number of Topliss-reactive ketones (excluding diaryl/α,β-unsaturated/α-hetero) is 1. The number of halogens is 3. The van der Waals surface area contributed by atoms with Crippen LogP contribution in [0.1, 0.15) is 24.8 Å². The zero-order valence-corrected chi connectivity index (χ0v) is 15.2. The molecule has 0 amide bonds. The molecule has 1 heterocycles. The lowest BCUT2D eigenvalue weighted by molar-refractivity contribution is -0.111. The summed E-state index contributed by atoms with van der Waals surface area (Å²) in [6.07, 6.45) is 1.74. The van der Waals surface area contributed by atoms with E-state index in [4.69, 9.17) is 0 Å². The van der Waals surface area contributed by atoms with Crippen molar-refractivity contribution in [2.45, 2.75) is 25.7 Å². The van der Waals surface area contributed by atoms with Gasteiger partial charge in [0.25, 0.3) is 0 Å². The van der Waals surface area contributed by atoms with Gasteiger partial charge in [0.2, 0.25) is 6.43 Å². The molecule has 23 heavy (non-hydrogen) atoms. The van der Waals surface area contributed by atoms with Crippen molar-refractivity contribution in [3.05, 3.63) is 40.5 Å². The highest BCUT2D eigenvalue weighted by Gasteiger charge is 2.16. The summed E-state index contributed by atoms with van der Waals surface area (Å²) in [6.45, 7) is 1.92. The minimum absolute atomic E-state index is 0.00531. The number of likely N-dealkylation sites (tertiary alicyclic amines) is 1. The highest BCUT2D eigenvalue weighted by molar-refractivity contribution is 9.10. The van der Waals surface area contributed by atoms with E-state index in [9.17, 15) is 13.6 Å². The van der Waals surface area contributed by atoms with Crippen molar-refractivity contribution in [2.75, 3.05) is 24.6 Å². The first-order chi connectivity index (χ1) is 11.1. The van der Waals surface area contributed by atoms with Crippen molar-refractivity contribution in [1.29, 1.82) is 0 Å². The molecular weight excluding hydrogens is 384 g/mol. The molecule has 0 unspecified atom stereocenters. The van der Waals surface area contributed by atoms with E-state index in [1.807, 2.05) is 30.5 Å².